The van der Waals surface area contributed by atoms with E-state index in [2.05, 4.69) is 20.3 Å². The molecule has 29 heavy (non-hydrogen) atoms. The Kier molecular flexibility index (Phi) is 8.92. The third-order valence-corrected chi connectivity index (χ3v) is 6.95. The van der Waals surface area contributed by atoms with E-state index >= 15 is 0 Å². The van der Waals surface area contributed by atoms with Crippen molar-refractivity contribution in [1.29, 1.82) is 0 Å². The summed E-state index contributed by atoms with van der Waals surface area (Å²) in [5.74, 6) is 0.696. The molecule has 1 aromatic carbocycles. The van der Waals surface area contributed by atoms with Gasteiger partial charge in [-0.15, -0.1) is 0 Å². The molecule has 3 N–H and O–H groups in total. The summed E-state index contributed by atoms with van der Waals surface area (Å²) in [6, 6.07) is 7.48. The number of benzene rings is 1. The maximum Gasteiger partial charge on any atom is 0.216 e. The van der Waals surface area contributed by atoms with Crippen molar-refractivity contribution in [3.8, 4) is 0 Å². The molecular weight excluding hydrogens is 388 g/mol. The van der Waals surface area contributed by atoms with E-state index in [4.69, 9.17) is 4.74 Å². The minimum Gasteiger partial charge on any atom is -0.385 e. The molecule has 0 amide bonds. The maximum atomic E-state index is 12.3. The molecule has 1 fully saturated rings. The van der Waals surface area contributed by atoms with E-state index in [0.29, 0.717) is 12.0 Å². The molecular formula is C21H36N4O3S. The van der Waals surface area contributed by atoms with Crippen molar-refractivity contribution in [2.24, 2.45) is 10.4 Å². The van der Waals surface area contributed by atoms with E-state index in [1.54, 1.807) is 14.2 Å². The first-order valence-corrected chi connectivity index (χ1v) is 11.9. The van der Waals surface area contributed by atoms with Crippen molar-refractivity contribution in [3.05, 3.63) is 35.4 Å². The molecule has 0 atom stereocenters. The fraction of sp³-hybridized carbons (Fsp3) is 0.667. The number of nitrogens with one attached hydrogen (secondary N) is 3. The van der Waals surface area contributed by atoms with Gasteiger partial charge in [-0.05, 0) is 49.7 Å². The predicted molar refractivity (Wildman–Crippen MR) is 118 cm³/mol. The van der Waals surface area contributed by atoms with Crippen molar-refractivity contribution >= 4 is 16.0 Å². The molecule has 7 nitrogen and oxygen atoms in total. The fourth-order valence-electron chi connectivity index (χ4n) is 3.66. The number of ether oxygens (including phenoxy) is 1. The summed E-state index contributed by atoms with van der Waals surface area (Å²) in [6.07, 6.45) is 4.74. The summed E-state index contributed by atoms with van der Waals surface area (Å²) < 4.78 is 32.5. The van der Waals surface area contributed by atoms with Crippen molar-refractivity contribution in [3.63, 3.8) is 0 Å². The average Bonchev–Trinajstić information content (AvgIpc) is 2.62. The first-order valence-electron chi connectivity index (χ1n) is 10.3. The normalized spacial score (nSPS) is 16.5. The molecule has 0 heterocycles. The zero-order valence-corrected chi connectivity index (χ0v) is 18.9. The Morgan fingerprint density at radius 2 is 1.90 bits per heavy atom. The molecule has 2 rings (SSSR count). The van der Waals surface area contributed by atoms with Gasteiger partial charge in [-0.1, -0.05) is 30.7 Å². The molecule has 0 radical (unpaired) electrons. The smallest absolute Gasteiger partial charge is 0.216 e. The molecule has 0 spiro atoms. The molecule has 8 heteroatoms. The van der Waals surface area contributed by atoms with Gasteiger partial charge in [-0.25, -0.2) is 13.1 Å². The van der Waals surface area contributed by atoms with Gasteiger partial charge in [0.25, 0.3) is 0 Å². The summed E-state index contributed by atoms with van der Waals surface area (Å²) in [4.78, 5) is 4.32. The second-order valence-corrected chi connectivity index (χ2v) is 9.93. The predicted octanol–water partition coefficient (Wildman–Crippen LogP) is 2.39. The lowest BCUT2D eigenvalue weighted by atomic mass is 9.67. The van der Waals surface area contributed by atoms with Gasteiger partial charge in [0.05, 0.1) is 5.75 Å². The summed E-state index contributed by atoms with van der Waals surface area (Å²) in [7, 11) is 0.125. The summed E-state index contributed by atoms with van der Waals surface area (Å²) >= 11 is 0. The molecule has 1 aliphatic carbocycles. The van der Waals surface area contributed by atoms with Crippen LogP contribution in [-0.4, -0.2) is 47.7 Å². The number of hydrogen-bond donors (Lipinski definition) is 3. The van der Waals surface area contributed by atoms with Crippen LogP contribution in [-0.2, 0) is 27.1 Å². The molecule has 0 aliphatic heterocycles. The average molecular weight is 425 g/mol. The molecule has 164 valence electrons. The van der Waals surface area contributed by atoms with Crippen LogP contribution in [0.4, 0.5) is 0 Å². The Morgan fingerprint density at radius 3 is 2.45 bits per heavy atom. The number of methoxy groups -OCH3 is 1. The SMILES string of the molecule is CN=C(NCc1ccccc1CS(=O)(=O)NC(C)C)NCC1(CCOC)CCC1. The second-order valence-electron chi connectivity index (χ2n) is 8.18. The first kappa shape index (κ1) is 23.6. The Labute approximate surface area is 175 Å². The van der Waals surface area contributed by atoms with E-state index in [9.17, 15) is 8.42 Å². The zero-order valence-electron chi connectivity index (χ0n) is 18.1. The molecule has 1 aliphatic rings. The lowest BCUT2D eigenvalue weighted by molar-refractivity contribution is 0.0732. The third kappa shape index (κ3) is 7.60. The molecule has 0 unspecified atom stereocenters. The second kappa shape index (κ2) is 10.9. The van der Waals surface area contributed by atoms with Crippen LogP contribution in [0.15, 0.2) is 29.3 Å². The van der Waals surface area contributed by atoms with Crippen molar-refractivity contribution < 1.29 is 13.2 Å². The van der Waals surface area contributed by atoms with Crippen LogP contribution in [0.2, 0.25) is 0 Å². The van der Waals surface area contributed by atoms with Crippen LogP contribution >= 0.6 is 0 Å². The van der Waals surface area contributed by atoms with Crippen molar-refractivity contribution in [2.45, 2.75) is 57.9 Å². The van der Waals surface area contributed by atoms with E-state index in [0.717, 1.165) is 36.7 Å². The Bertz CT molecular complexity index is 774. The summed E-state index contributed by atoms with van der Waals surface area (Å²) in [5.41, 5.74) is 2.03. The molecule has 0 bridgehead atoms. The van der Waals surface area contributed by atoms with Gasteiger partial charge >= 0.3 is 0 Å². The molecule has 1 saturated carbocycles. The summed E-state index contributed by atoms with van der Waals surface area (Å²) in [6.45, 7) is 5.80. The van der Waals surface area contributed by atoms with E-state index in [1.807, 2.05) is 38.1 Å². The number of rotatable bonds is 11. The number of aliphatic imine (C=N–C) groups is 1. The highest BCUT2D eigenvalue weighted by molar-refractivity contribution is 7.88. The van der Waals surface area contributed by atoms with E-state index < -0.39 is 10.0 Å². The van der Waals surface area contributed by atoms with E-state index in [-0.39, 0.29) is 11.8 Å². The van der Waals surface area contributed by atoms with Crippen molar-refractivity contribution in [1.82, 2.24) is 15.4 Å². The quantitative estimate of drug-likeness (QED) is 0.375. The highest BCUT2D eigenvalue weighted by atomic mass is 32.2. The fourth-order valence-corrected chi connectivity index (χ4v) is 5.15. The maximum absolute atomic E-state index is 12.3. The minimum absolute atomic E-state index is 0.0325. The molecule has 0 aromatic heterocycles. The standard InChI is InChI=1S/C21H36N4O3S/c1-17(2)25-29(26,27)15-19-9-6-5-8-18(19)14-23-20(22-3)24-16-21(10-7-11-21)12-13-28-4/h5-6,8-9,17,25H,7,10-16H2,1-4H3,(H2,22,23,24). The van der Waals surface area contributed by atoms with Gasteiger partial charge in [-0.3, -0.25) is 4.99 Å². The molecule has 1 aromatic rings. The lowest BCUT2D eigenvalue weighted by Crippen LogP contribution is -2.46. The highest BCUT2D eigenvalue weighted by Gasteiger charge is 2.36. The van der Waals surface area contributed by atoms with E-state index in [1.165, 1.54) is 19.3 Å². The number of hydrogen-bond acceptors (Lipinski definition) is 4. The molecule has 0 saturated heterocycles. The van der Waals surface area contributed by atoms with Gasteiger partial charge < -0.3 is 15.4 Å². The zero-order chi connectivity index (χ0) is 21.3. The lowest BCUT2D eigenvalue weighted by Gasteiger charge is -2.42. The van der Waals surface area contributed by atoms with Crippen LogP contribution in [0.5, 0.6) is 0 Å². The van der Waals surface area contributed by atoms with Gasteiger partial charge in [0.15, 0.2) is 5.96 Å². The van der Waals surface area contributed by atoms with Crippen LogP contribution < -0.4 is 15.4 Å². The van der Waals surface area contributed by atoms with Gasteiger partial charge in [0, 0.05) is 39.9 Å². The van der Waals surface area contributed by atoms with Crippen molar-refractivity contribution in [2.75, 3.05) is 27.3 Å². The third-order valence-electron chi connectivity index (χ3n) is 5.43. The monoisotopic (exact) mass is 424 g/mol. The number of sulfonamides is 1. The van der Waals surface area contributed by atoms with Gasteiger partial charge in [0.1, 0.15) is 0 Å². The highest BCUT2D eigenvalue weighted by Crippen LogP contribution is 2.43. The topological polar surface area (TPSA) is 91.8 Å². The van der Waals surface area contributed by atoms with Crippen LogP contribution in [0, 0.1) is 5.41 Å². The first-order chi connectivity index (χ1) is 13.8. The number of nitrogens with zero attached hydrogens (tertiary/aromatic N) is 1. The number of guanidine groups is 1. The Balaban J connectivity index is 1.94. The minimum atomic E-state index is -3.37. The van der Waals surface area contributed by atoms with Crippen LogP contribution in [0.1, 0.15) is 50.7 Å². The Hall–Kier alpha value is -1.64. The van der Waals surface area contributed by atoms with Crippen LogP contribution in [0.25, 0.3) is 0 Å². The Morgan fingerprint density at radius 1 is 1.21 bits per heavy atom. The van der Waals surface area contributed by atoms with Gasteiger partial charge in [0.2, 0.25) is 10.0 Å². The van der Waals surface area contributed by atoms with Gasteiger partial charge in [-0.2, -0.15) is 0 Å². The van der Waals surface area contributed by atoms with Crippen LogP contribution in [0.3, 0.4) is 0 Å². The largest absolute Gasteiger partial charge is 0.385 e. The summed E-state index contributed by atoms with van der Waals surface area (Å²) in [5, 5.41) is 6.76.